The fourth-order valence-electron chi connectivity index (χ4n) is 1.76. The smallest absolute Gasteiger partial charge is 0.176 e. The third kappa shape index (κ3) is 3.20. The molecule has 1 aromatic heterocycles. The standard InChI is InChI=1S/C13H15ClN2O2S2/c1-8(15-2)13-16-11(7-19-13)10-6-9(14)4-5-12(10)20(3,17)18/h4-8,15H,1-3H3. The minimum atomic E-state index is -3.32. The molecule has 1 N–H and O–H groups in total. The number of hydrogen-bond acceptors (Lipinski definition) is 5. The molecule has 1 atom stereocenters. The molecule has 4 nitrogen and oxygen atoms in total. The van der Waals surface area contributed by atoms with E-state index in [2.05, 4.69) is 10.3 Å². The largest absolute Gasteiger partial charge is 0.311 e. The van der Waals surface area contributed by atoms with Crippen molar-refractivity contribution in [2.24, 2.45) is 0 Å². The second-order valence-electron chi connectivity index (χ2n) is 4.49. The van der Waals surface area contributed by atoms with Crippen LogP contribution >= 0.6 is 22.9 Å². The molecule has 0 saturated carbocycles. The molecule has 2 aromatic rings. The maximum Gasteiger partial charge on any atom is 0.176 e. The molecule has 0 aliphatic heterocycles. The first-order valence-electron chi connectivity index (χ1n) is 5.95. The summed E-state index contributed by atoms with van der Waals surface area (Å²) in [6, 6.07) is 4.86. The van der Waals surface area contributed by atoms with Gasteiger partial charge in [0, 0.05) is 22.2 Å². The summed E-state index contributed by atoms with van der Waals surface area (Å²) < 4.78 is 23.7. The van der Waals surface area contributed by atoms with Crippen molar-refractivity contribution in [2.75, 3.05) is 13.3 Å². The highest BCUT2D eigenvalue weighted by Gasteiger charge is 2.18. The normalized spacial score (nSPS) is 13.4. The molecule has 0 radical (unpaired) electrons. The Morgan fingerprint density at radius 2 is 2.10 bits per heavy atom. The lowest BCUT2D eigenvalue weighted by atomic mass is 10.2. The summed E-state index contributed by atoms with van der Waals surface area (Å²) in [4.78, 5) is 4.75. The zero-order valence-electron chi connectivity index (χ0n) is 11.3. The average Bonchev–Trinajstić information content (AvgIpc) is 2.85. The summed E-state index contributed by atoms with van der Waals surface area (Å²) >= 11 is 7.47. The lowest BCUT2D eigenvalue weighted by Crippen LogP contribution is -2.11. The monoisotopic (exact) mass is 330 g/mol. The van der Waals surface area contributed by atoms with E-state index in [1.54, 1.807) is 12.1 Å². The molecule has 1 unspecified atom stereocenters. The maximum absolute atomic E-state index is 11.9. The van der Waals surface area contributed by atoms with E-state index in [-0.39, 0.29) is 10.9 Å². The molecular formula is C13H15ClN2O2S2. The van der Waals surface area contributed by atoms with Crippen LogP contribution in [0.1, 0.15) is 18.0 Å². The minimum Gasteiger partial charge on any atom is -0.311 e. The fraction of sp³-hybridized carbons (Fsp3) is 0.308. The van der Waals surface area contributed by atoms with Gasteiger partial charge in [0.1, 0.15) is 5.01 Å². The molecule has 0 fully saturated rings. The van der Waals surface area contributed by atoms with Crippen LogP contribution in [0, 0.1) is 0 Å². The molecule has 0 bridgehead atoms. The van der Waals surface area contributed by atoms with Gasteiger partial charge in [-0.3, -0.25) is 0 Å². The Balaban J connectivity index is 2.57. The number of thiazole rings is 1. The number of hydrogen-bond donors (Lipinski definition) is 1. The highest BCUT2D eigenvalue weighted by Crippen LogP contribution is 2.32. The fourth-order valence-corrected chi connectivity index (χ4v) is 3.69. The third-order valence-electron chi connectivity index (χ3n) is 2.94. The highest BCUT2D eigenvalue weighted by molar-refractivity contribution is 7.90. The molecule has 0 aliphatic rings. The van der Waals surface area contributed by atoms with Crippen LogP contribution in [-0.4, -0.2) is 26.7 Å². The predicted octanol–water partition coefficient (Wildman–Crippen LogP) is 3.15. The predicted molar refractivity (Wildman–Crippen MR) is 83.1 cm³/mol. The van der Waals surface area contributed by atoms with E-state index in [0.717, 1.165) is 5.01 Å². The number of nitrogens with one attached hydrogen (secondary N) is 1. The van der Waals surface area contributed by atoms with Crippen molar-refractivity contribution in [3.63, 3.8) is 0 Å². The zero-order valence-corrected chi connectivity index (χ0v) is 13.7. The van der Waals surface area contributed by atoms with Crippen molar-refractivity contribution in [1.82, 2.24) is 10.3 Å². The first-order valence-corrected chi connectivity index (χ1v) is 9.10. The summed E-state index contributed by atoms with van der Waals surface area (Å²) in [7, 11) is -1.47. The van der Waals surface area contributed by atoms with Crippen molar-refractivity contribution in [1.29, 1.82) is 0 Å². The van der Waals surface area contributed by atoms with Gasteiger partial charge in [-0.15, -0.1) is 11.3 Å². The minimum absolute atomic E-state index is 0.120. The Labute approximate surface area is 127 Å². The number of benzene rings is 1. The van der Waals surface area contributed by atoms with E-state index in [0.29, 0.717) is 16.3 Å². The number of aromatic nitrogens is 1. The van der Waals surface area contributed by atoms with E-state index < -0.39 is 9.84 Å². The molecule has 1 aromatic carbocycles. The van der Waals surface area contributed by atoms with Gasteiger partial charge < -0.3 is 5.32 Å². The SMILES string of the molecule is CNC(C)c1nc(-c2cc(Cl)ccc2S(C)(=O)=O)cs1. The summed E-state index contributed by atoms with van der Waals surface area (Å²) in [5.41, 5.74) is 1.18. The second-order valence-corrected chi connectivity index (χ2v) is 7.80. The first kappa shape index (κ1) is 15.4. The molecule has 1 heterocycles. The Morgan fingerprint density at radius 1 is 1.40 bits per heavy atom. The van der Waals surface area contributed by atoms with Crippen molar-refractivity contribution >= 4 is 32.8 Å². The lowest BCUT2D eigenvalue weighted by Gasteiger charge is -2.07. The van der Waals surface area contributed by atoms with Gasteiger partial charge in [0.2, 0.25) is 0 Å². The summed E-state index contributed by atoms with van der Waals surface area (Å²) in [6.45, 7) is 2.00. The van der Waals surface area contributed by atoms with E-state index in [9.17, 15) is 8.42 Å². The van der Waals surface area contributed by atoms with Crippen molar-refractivity contribution in [3.05, 3.63) is 33.6 Å². The molecule has 108 valence electrons. The van der Waals surface area contributed by atoms with E-state index >= 15 is 0 Å². The highest BCUT2D eigenvalue weighted by atomic mass is 35.5. The number of halogens is 1. The molecule has 0 aliphatic carbocycles. The van der Waals surface area contributed by atoms with Gasteiger partial charge in [-0.2, -0.15) is 0 Å². The Kier molecular flexibility index (Phi) is 4.49. The van der Waals surface area contributed by atoms with Gasteiger partial charge >= 0.3 is 0 Å². The van der Waals surface area contributed by atoms with Crippen LogP contribution in [0.25, 0.3) is 11.3 Å². The molecule has 20 heavy (non-hydrogen) atoms. The number of nitrogens with zero attached hydrogens (tertiary/aromatic N) is 1. The van der Waals surface area contributed by atoms with E-state index in [1.807, 2.05) is 19.4 Å². The van der Waals surface area contributed by atoms with Crippen LogP contribution in [0.4, 0.5) is 0 Å². The summed E-state index contributed by atoms with van der Waals surface area (Å²) in [5.74, 6) is 0. The summed E-state index contributed by atoms with van der Waals surface area (Å²) in [6.07, 6.45) is 1.18. The quantitative estimate of drug-likeness (QED) is 0.935. The first-order chi connectivity index (χ1) is 9.32. The van der Waals surface area contributed by atoms with Gasteiger partial charge in [0.25, 0.3) is 0 Å². The van der Waals surface area contributed by atoms with E-state index in [1.165, 1.54) is 23.7 Å². The molecular weight excluding hydrogens is 316 g/mol. The van der Waals surface area contributed by atoms with Crippen LogP contribution in [0.3, 0.4) is 0 Å². The van der Waals surface area contributed by atoms with E-state index in [4.69, 9.17) is 11.6 Å². The number of rotatable bonds is 4. The zero-order chi connectivity index (χ0) is 14.9. The van der Waals surface area contributed by atoms with Crippen LogP contribution < -0.4 is 5.32 Å². The topological polar surface area (TPSA) is 59.1 Å². The molecule has 7 heteroatoms. The van der Waals surface area contributed by atoms with Crippen LogP contribution in [0.15, 0.2) is 28.5 Å². The van der Waals surface area contributed by atoms with Crippen LogP contribution in [0.2, 0.25) is 5.02 Å². The Bertz CT molecular complexity index is 726. The lowest BCUT2D eigenvalue weighted by molar-refractivity contribution is 0.602. The molecule has 0 saturated heterocycles. The number of sulfone groups is 1. The van der Waals surface area contributed by atoms with Gasteiger partial charge in [-0.25, -0.2) is 13.4 Å². The van der Waals surface area contributed by atoms with Crippen molar-refractivity contribution in [3.8, 4) is 11.3 Å². The van der Waals surface area contributed by atoms with Crippen molar-refractivity contribution < 1.29 is 8.42 Å². The maximum atomic E-state index is 11.9. The van der Waals surface area contributed by atoms with Crippen LogP contribution in [0.5, 0.6) is 0 Å². The van der Waals surface area contributed by atoms with Gasteiger partial charge in [-0.1, -0.05) is 11.6 Å². The molecule has 0 spiro atoms. The average molecular weight is 331 g/mol. The van der Waals surface area contributed by atoms with Gasteiger partial charge in [0.05, 0.1) is 16.6 Å². The summed E-state index contributed by atoms with van der Waals surface area (Å²) in [5, 5.41) is 6.35. The molecule has 2 rings (SSSR count). The Morgan fingerprint density at radius 3 is 2.70 bits per heavy atom. The Hall–Kier alpha value is -0.950. The third-order valence-corrected chi connectivity index (χ3v) is 5.36. The van der Waals surface area contributed by atoms with Gasteiger partial charge in [0.15, 0.2) is 9.84 Å². The second kappa shape index (κ2) is 5.81. The van der Waals surface area contributed by atoms with Crippen LogP contribution in [-0.2, 0) is 9.84 Å². The van der Waals surface area contributed by atoms with Crippen molar-refractivity contribution in [2.45, 2.75) is 17.9 Å². The molecule has 0 amide bonds. The van der Waals surface area contributed by atoms with Gasteiger partial charge in [-0.05, 0) is 32.2 Å².